The summed E-state index contributed by atoms with van der Waals surface area (Å²) in [6.07, 6.45) is 6.54. The third-order valence-electron chi connectivity index (χ3n) is 7.86. The molecule has 5 heterocycles. The Balaban J connectivity index is 0.880. The number of nitrogen functional groups attached to an aromatic ring is 3. The van der Waals surface area contributed by atoms with Crippen LogP contribution in [0.25, 0.3) is 33.4 Å². The standard InChI is InChI=1S/C30H37N13O4/c31-20-16-35-30(36-17-20)42-11-9-41(10-12-42)24(45)6-14-46-13-5-23(44)34-7-1-2-8-43-28-25(27(32)37-18-38-28)26(40-43)19-3-4-22-21(15-19)39-29(33)47-22/h3-4,15-18H,1-2,5-14,31H2,(H2,33,39)(H,34,44)(H2,32,37,38). The van der Waals surface area contributed by atoms with Crippen LogP contribution in [0.4, 0.5) is 23.5 Å². The second-order valence-electron chi connectivity index (χ2n) is 11.1. The van der Waals surface area contributed by atoms with Crippen molar-refractivity contribution < 1.29 is 18.7 Å². The number of hydrogen-bond donors (Lipinski definition) is 4. The van der Waals surface area contributed by atoms with E-state index < -0.39 is 0 Å². The molecule has 0 unspecified atom stereocenters. The van der Waals surface area contributed by atoms with Gasteiger partial charge in [0.05, 0.1) is 43.1 Å². The van der Waals surface area contributed by atoms with Crippen LogP contribution in [-0.2, 0) is 20.9 Å². The molecule has 7 N–H and O–H groups in total. The Kier molecular flexibility index (Phi) is 9.51. The van der Waals surface area contributed by atoms with E-state index >= 15 is 0 Å². The predicted molar refractivity (Wildman–Crippen MR) is 175 cm³/mol. The number of benzene rings is 1. The maximum atomic E-state index is 12.6. The van der Waals surface area contributed by atoms with Crippen LogP contribution >= 0.6 is 0 Å². The molecule has 17 nitrogen and oxygen atoms in total. The Morgan fingerprint density at radius 1 is 0.957 bits per heavy atom. The van der Waals surface area contributed by atoms with Gasteiger partial charge in [-0.15, -0.1) is 0 Å². The molecular weight excluding hydrogens is 606 g/mol. The summed E-state index contributed by atoms with van der Waals surface area (Å²) in [5.41, 5.74) is 21.3. The fourth-order valence-corrected chi connectivity index (χ4v) is 5.42. The molecule has 2 amide bonds. The molecule has 1 aliphatic rings. The molecule has 1 aromatic carbocycles. The number of piperazine rings is 1. The van der Waals surface area contributed by atoms with E-state index in [1.54, 1.807) is 23.1 Å². The van der Waals surface area contributed by atoms with Crippen molar-refractivity contribution in [3.8, 4) is 11.3 Å². The number of anilines is 4. The lowest BCUT2D eigenvalue weighted by molar-refractivity contribution is -0.132. The van der Waals surface area contributed by atoms with Gasteiger partial charge in [-0.3, -0.25) is 9.59 Å². The Morgan fingerprint density at radius 2 is 1.74 bits per heavy atom. The van der Waals surface area contributed by atoms with E-state index in [0.717, 1.165) is 18.4 Å². The molecule has 1 aliphatic heterocycles. The maximum absolute atomic E-state index is 12.6. The van der Waals surface area contributed by atoms with Gasteiger partial charge in [0.25, 0.3) is 6.01 Å². The summed E-state index contributed by atoms with van der Waals surface area (Å²) < 4.78 is 12.7. The van der Waals surface area contributed by atoms with Gasteiger partial charge >= 0.3 is 0 Å². The van der Waals surface area contributed by atoms with Gasteiger partial charge in [-0.2, -0.15) is 10.1 Å². The summed E-state index contributed by atoms with van der Waals surface area (Å²) in [5.74, 6) is 0.867. The summed E-state index contributed by atoms with van der Waals surface area (Å²) in [4.78, 5) is 50.0. The number of fused-ring (bicyclic) bond motifs is 2. The fourth-order valence-electron chi connectivity index (χ4n) is 5.42. The number of amides is 2. The fraction of sp³-hybridized carbons (Fsp3) is 0.400. The number of oxazole rings is 1. The molecule has 5 aromatic rings. The smallest absolute Gasteiger partial charge is 0.292 e. The molecule has 6 rings (SSSR count). The number of nitrogens with two attached hydrogens (primary N) is 3. The lowest BCUT2D eigenvalue weighted by atomic mass is 10.1. The lowest BCUT2D eigenvalue weighted by Crippen LogP contribution is -2.49. The second kappa shape index (κ2) is 14.2. The minimum atomic E-state index is -0.103. The number of nitrogens with zero attached hydrogens (tertiary/aromatic N) is 9. The monoisotopic (exact) mass is 643 g/mol. The van der Waals surface area contributed by atoms with E-state index in [2.05, 4.69) is 30.2 Å². The van der Waals surface area contributed by atoms with Crippen molar-refractivity contribution in [1.29, 1.82) is 0 Å². The van der Waals surface area contributed by atoms with Crippen LogP contribution in [0.1, 0.15) is 25.7 Å². The SMILES string of the molecule is Nc1cnc(N2CCN(C(=O)CCOCCC(=O)NCCCCn3nc(-c4ccc5oc(N)nc5c4)c4c(N)ncnc43)CC2)nc1. The van der Waals surface area contributed by atoms with E-state index in [0.29, 0.717) is 84.5 Å². The van der Waals surface area contributed by atoms with Gasteiger partial charge in [0.1, 0.15) is 23.4 Å². The number of hydrogen-bond acceptors (Lipinski definition) is 14. The van der Waals surface area contributed by atoms with Gasteiger partial charge in [0.15, 0.2) is 11.2 Å². The number of unbranched alkanes of at least 4 members (excludes halogenated alkanes) is 1. The number of carbonyl (C=O) groups is 2. The van der Waals surface area contributed by atoms with Crippen molar-refractivity contribution in [2.75, 3.05) is 68.0 Å². The topological polar surface area (TPSA) is 235 Å². The first-order valence-electron chi connectivity index (χ1n) is 15.4. The number of rotatable bonds is 13. The summed E-state index contributed by atoms with van der Waals surface area (Å²) >= 11 is 0. The molecule has 0 radical (unpaired) electrons. The molecule has 0 atom stereocenters. The van der Waals surface area contributed by atoms with E-state index in [9.17, 15) is 9.59 Å². The normalized spacial score (nSPS) is 13.4. The summed E-state index contributed by atoms with van der Waals surface area (Å²) in [6.45, 7) is 4.07. The molecule has 1 saturated heterocycles. The molecule has 1 fully saturated rings. The van der Waals surface area contributed by atoms with Crippen molar-refractivity contribution in [2.24, 2.45) is 0 Å². The Labute approximate surface area is 269 Å². The highest BCUT2D eigenvalue weighted by Gasteiger charge is 2.22. The Bertz CT molecular complexity index is 1850. The third kappa shape index (κ3) is 7.46. The van der Waals surface area contributed by atoms with Crippen LogP contribution < -0.4 is 27.4 Å². The van der Waals surface area contributed by atoms with Crippen LogP contribution in [-0.4, -0.2) is 97.4 Å². The minimum Gasteiger partial charge on any atom is -0.424 e. The van der Waals surface area contributed by atoms with Gasteiger partial charge < -0.3 is 41.5 Å². The molecule has 0 spiro atoms. The lowest BCUT2D eigenvalue weighted by Gasteiger charge is -2.34. The molecule has 246 valence electrons. The van der Waals surface area contributed by atoms with E-state index in [1.165, 1.54) is 6.33 Å². The van der Waals surface area contributed by atoms with Crippen LogP contribution in [0.15, 0.2) is 41.3 Å². The average molecular weight is 644 g/mol. The summed E-state index contributed by atoms with van der Waals surface area (Å²) in [7, 11) is 0. The molecule has 47 heavy (non-hydrogen) atoms. The van der Waals surface area contributed by atoms with Gasteiger partial charge in [0.2, 0.25) is 17.8 Å². The number of nitrogens with one attached hydrogen (secondary N) is 1. The van der Waals surface area contributed by atoms with Crippen LogP contribution in [0.2, 0.25) is 0 Å². The van der Waals surface area contributed by atoms with Gasteiger partial charge in [0, 0.05) is 51.3 Å². The number of aryl methyl sites for hydroxylation is 1. The van der Waals surface area contributed by atoms with E-state index in [4.69, 9.17) is 31.5 Å². The van der Waals surface area contributed by atoms with Crippen molar-refractivity contribution >= 4 is 57.4 Å². The Hall–Kier alpha value is -5.58. The first-order chi connectivity index (χ1) is 22.9. The van der Waals surface area contributed by atoms with Crippen molar-refractivity contribution in [3.63, 3.8) is 0 Å². The summed E-state index contributed by atoms with van der Waals surface area (Å²) in [6, 6.07) is 5.59. The predicted octanol–water partition coefficient (Wildman–Crippen LogP) is 1.21. The number of carbonyl (C=O) groups excluding carboxylic acids is 2. The Morgan fingerprint density at radius 3 is 2.55 bits per heavy atom. The van der Waals surface area contributed by atoms with Crippen LogP contribution in [0.5, 0.6) is 0 Å². The zero-order valence-corrected chi connectivity index (χ0v) is 25.8. The summed E-state index contributed by atoms with van der Waals surface area (Å²) in [5, 5.41) is 8.37. The van der Waals surface area contributed by atoms with Gasteiger partial charge in [-0.05, 0) is 31.0 Å². The molecule has 17 heteroatoms. The highest BCUT2D eigenvalue weighted by Crippen LogP contribution is 2.32. The van der Waals surface area contributed by atoms with E-state index in [1.807, 2.05) is 21.9 Å². The first kappa shape index (κ1) is 31.4. The number of aromatic nitrogens is 7. The van der Waals surface area contributed by atoms with Crippen molar-refractivity contribution in [2.45, 2.75) is 32.2 Å². The second-order valence-corrected chi connectivity index (χ2v) is 11.1. The average Bonchev–Trinajstić information content (AvgIpc) is 3.64. The molecular formula is C30H37N13O4. The number of ether oxygens (including phenoxy) is 1. The zero-order chi connectivity index (χ0) is 32.8. The third-order valence-corrected chi connectivity index (χ3v) is 7.86. The first-order valence-corrected chi connectivity index (χ1v) is 15.4. The van der Waals surface area contributed by atoms with Crippen LogP contribution in [0.3, 0.4) is 0 Å². The highest BCUT2D eigenvalue weighted by molar-refractivity contribution is 5.99. The highest BCUT2D eigenvalue weighted by atomic mass is 16.5. The van der Waals surface area contributed by atoms with Crippen molar-refractivity contribution in [3.05, 3.63) is 36.9 Å². The van der Waals surface area contributed by atoms with Gasteiger partial charge in [-0.25, -0.2) is 24.6 Å². The molecule has 4 aromatic heterocycles. The molecule has 0 saturated carbocycles. The van der Waals surface area contributed by atoms with Crippen LogP contribution in [0, 0.1) is 0 Å². The molecule has 0 bridgehead atoms. The minimum absolute atomic E-state index is 0.0276. The molecule has 0 aliphatic carbocycles. The van der Waals surface area contributed by atoms with Gasteiger partial charge in [-0.1, -0.05) is 0 Å². The van der Waals surface area contributed by atoms with E-state index in [-0.39, 0.29) is 43.9 Å². The quantitative estimate of drug-likeness (QED) is 0.132. The maximum Gasteiger partial charge on any atom is 0.292 e. The zero-order valence-electron chi connectivity index (χ0n) is 25.8. The van der Waals surface area contributed by atoms with Crippen molar-refractivity contribution in [1.82, 2.24) is 44.9 Å². The largest absolute Gasteiger partial charge is 0.424 e.